The van der Waals surface area contributed by atoms with Gasteiger partial charge in [0, 0.05) is 0 Å². The molecular weight excluding hydrogens is 312 g/mol. The fourth-order valence-corrected chi connectivity index (χ4v) is 2.22. The van der Waals surface area contributed by atoms with E-state index in [-0.39, 0.29) is 0 Å². The van der Waals surface area contributed by atoms with Gasteiger partial charge < -0.3 is 34.0 Å². The molecule has 0 heterocycles. The van der Waals surface area contributed by atoms with Gasteiger partial charge >= 0.3 is 0 Å². The van der Waals surface area contributed by atoms with Gasteiger partial charge in [0.15, 0.2) is 0 Å². The summed E-state index contributed by atoms with van der Waals surface area (Å²) in [4.78, 5) is 24.5. The van der Waals surface area contributed by atoms with Crippen molar-refractivity contribution in [1.29, 1.82) is 0 Å². The molecule has 142 valence electrons. The summed E-state index contributed by atoms with van der Waals surface area (Å²) in [6, 6.07) is -1.36. The van der Waals surface area contributed by atoms with E-state index >= 15 is 0 Å². The number of likely N-dealkylation sites (N-methyl/N-ethyl adjacent to an activating group) is 1. The summed E-state index contributed by atoms with van der Waals surface area (Å²) in [5, 5.41) is 8.70. The molecule has 0 bridgehead atoms. The van der Waals surface area contributed by atoms with Crippen LogP contribution < -0.4 is 44.6 Å². The molecule has 0 aliphatic carbocycles. The average Bonchev–Trinajstić information content (AvgIpc) is 2.52. The third kappa shape index (κ3) is 10.7. The van der Waals surface area contributed by atoms with Gasteiger partial charge in [-0.1, -0.05) is 6.92 Å². The van der Waals surface area contributed by atoms with Gasteiger partial charge in [0.2, 0.25) is 11.6 Å². The highest BCUT2D eigenvalue weighted by Gasteiger charge is 2.28. The summed E-state index contributed by atoms with van der Waals surface area (Å²) >= 11 is 0. The van der Waals surface area contributed by atoms with Crippen LogP contribution >= 0.6 is 0 Å². The van der Waals surface area contributed by atoms with Crippen LogP contribution in [-0.4, -0.2) is 55.9 Å². The van der Waals surface area contributed by atoms with Crippen molar-refractivity contribution in [3.05, 3.63) is 0 Å². The van der Waals surface area contributed by atoms with E-state index in [1.165, 1.54) is 0 Å². The Labute approximate surface area is 143 Å². The van der Waals surface area contributed by atoms with Crippen LogP contribution in [0.4, 0.5) is 0 Å². The highest BCUT2D eigenvalue weighted by atomic mass is 16.2. The first-order valence-corrected chi connectivity index (χ1v) is 8.35. The van der Waals surface area contributed by atoms with Crippen molar-refractivity contribution < 1.29 is 9.59 Å². The zero-order chi connectivity index (χ0) is 18.5. The number of nitrogens with two attached hydrogens (primary N) is 5. The molecule has 0 rings (SSSR count). The van der Waals surface area contributed by atoms with E-state index in [9.17, 15) is 9.59 Å². The topological polar surface area (TPSA) is 200 Å². The number of rotatable bonds is 15. The Morgan fingerprint density at radius 1 is 0.792 bits per heavy atom. The highest BCUT2D eigenvalue weighted by Crippen LogP contribution is 2.04. The molecule has 0 aromatic carbocycles. The van der Waals surface area contributed by atoms with E-state index in [1.54, 1.807) is 0 Å². The lowest BCUT2D eigenvalue weighted by Crippen LogP contribution is -2.48. The van der Waals surface area contributed by atoms with Crippen molar-refractivity contribution in [2.75, 3.05) is 19.6 Å². The summed E-state index contributed by atoms with van der Waals surface area (Å²) in [5.41, 5.74) is 27.3. The van der Waals surface area contributed by atoms with Crippen molar-refractivity contribution in [3.8, 4) is 0 Å². The molecule has 0 amide bonds. The van der Waals surface area contributed by atoms with Gasteiger partial charge in [0.1, 0.15) is 12.6 Å². The zero-order valence-electron chi connectivity index (χ0n) is 14.5. The molecule has 0 radical (unpaired) electrons. The molecule has 10 heteroatoms. The van der Waals surface area contributed by atoms with Crippen LogP contribution in [0.25, 0.3) is 0 Å². The molecule has 0 saturated carbocycles. The number of Topliss-reactive ketones (excluding diaryl/α,β-unsaturated/α-hetero) is 2. The molecule has 0 aliphatic heterocycles. The summed E-state index contributed by atoms with van der Waals surface area (Å²) in [6.07, 6.45) is 0.974. The van der Waals surface area contributed by atoms with Gasteiger partial charge in [0.25, 0.3) is 0 Å². The minimum atomic E-state index is -0.815. The quantitative estimate of drug-likeness (QED) is 0.0838. The van der Waals surface area contributed by atoms with Gasteiger partial charge in [-0.2, -0.15) is 0 Å². The first kappa shape index (κ1) is 23.0. The minimum absolute atomic E-state index is 0.396. The van der Waals surface area contributed by atoms with Gasteiger partial charge in [0.05, 0.1) is 12.1 Å². The molecule has 0 spiro atoms. The van der Waals surface area contributed by atoms with Crippen molar-refractivity contribution >= 4 is 11.6 Å². The van der Waals surface area contributed by atoms with Gasteiger partial charge in [-0.05, 0) is 45.3 Å². The maximum absolute atomic E-state index is 12.3. The van der Waals surface area contributed by atoms with Gasteiger partial charge in [-0.25, -0.2) is 0 Å². The molecule has 0 aromatic heterocycles. The summed E-state index contributed by atoms with van der Waals surface area (Å²) < 4.78 is 0. The second kappa shape index (κ2) is 13.3. The molecule has 0 aromatic rings. The Hall–Kier alpha value is -0.980. The third-order valence-corrected chi connectivity index (χ3v) is 3.47. The van der Waals surface area contributed by atoms with Crippen LogP contribution in [0, 0.1) is 0 Å². The molecular formula is C14H34N8O2. The van der Waals surface area contributed by atoms with Gasteiger partial charge in [-0.3, -0.25) is 20.2 Å². The Morgan fingerprint density at radius 2 is 1.29 bits per heavy atom. The monoisotopic (exact) mass is 346 g/mol. The smallest absolute Gasteiger partial charge is 0.216 e. The van der Waals surface area contributed by atoms with Crippen LogP contribution in [0.3, 0.4) is 0 Å². The van der Waals surface area contributed by atoms with E-state index in [4.69, 9.17) is 28.7 Å². The lowest BCUT2D eigenvalue weighted by molar-refractivity contribution is -0.138. The van der Waals surface area contributed by atoms with Crippen LogP contribution in [0.15, 0.2) is 0 Å². The van der Waals surface area contributed by atoms with Crippen molar-refractivity contribution in [2.24, 2.45) is 28.7 Å². The predicted octanol–water partition coefficient (Wildman–Crippen LogP) is -3.43. The van der Waals surface area contributed by atoms with Crippen molar-refractivity contribution in [3.63, 3.8) is 0 Å². The van der Waals surface area contributed by atoms with Crippen LogP contribution in [-0.2, 0) is 9.59 Å². The van der Waals surface area contributed by atoms with Crippen LogP contribution in [0.5, 0.6) is 0 Å². The molecule has 10 nitrogen and oxygen atoms in total. The standard InChI is InChI=1S/C14H34N8O2/c1-2-20-10(6-4-8-22-14(18)19)12(24)11(23)9(15)5-3-7-21-13(16)17/h9-10,13-14,20-22H,2-8,15-19H2,1H3/t9-,10-/m0/s1. The normalized spacial score (nSPS) is 14.2. The van der Waals surface area contributed by atoms with E-state index < -0.39 is 36.2 Å². The predicted molar refractivity (Wildman–Crippen MR) is 94.3 cm³/mol. The Morgan fingerprint density at radius 3 is 1.75 bits per heavy atom. The Balaban J connectivity index is 4.31. The zero-order valence-corrected chi connectivity index (χ0v) is 14.5. The molecule has 0 aliphatic rings. The number of hydrogen-bond acceptors (Lipinski definition) is 10. The number of carbonyl (C=O) groups excluding carboxylic acids is 2. The maximum Gasteiger partial charge on any atom is 0.216 e. The second-order valence-corrected chi connectivity index (χ2v) is 5.69. The minimum Gasteiger partial charge on any atom is -0.321 e. The number of nitrogens with one attached hydrogen (secondary N) is 3. The van der Waals surface area contributed by atoms with E-state index in [0.29, 0.717) is 45.3 Å². The number of hydrogen-bond donors (Lipinski definition) is 8. The van der Waals surface area contributed by atoms with Crippen LogP contribution in [0.1, 0.15) is 32.6 Å². The Kier molecular flexibility index (Phi) is 12.8. The average molecular weight is 346 g/mol. The molecule has 0 saturated heterocycles. The summed E-state index contributed by atoms with van der Waals surface area (Å²) in [7, 11) is 0. The lowest BCUT2D eigenvalue weighted by atomic mass is 9.97. The highest BCUT2D eigenvalue weighted by molar-refractivity contribution is 6.40. The van der Waals surface area contributed by atoms with E-state index in [1.807, 2.05) is 6.92 Å². The lowest BCUT2D eigenvalue weighted by Gasteiger charge is -2.19. The molecule has 24 heavy (non-hydrogen) atoms. The van der Waals surface area contributed by atoms with Gasteiger partial charge in [-0.15, -0.1) is 0 Å². The van der Waals surface area contributed by atoms with Crippen LogP contribution in [0.2, 0.25) is 0 Å². The number of ketones is 2. The molecule has 2 atom stereocenters. The largest absolute Gasteiger partial charge is 0.321 e. The first-order valence-electron chi connectivity index (χ1n) is 8.35. The maximum atomic E-state index is 12.3. The van der Waals surface area contributed by atoms with E-state index in [0.717, 1.165) is 0 Å². The third-order valence-electron chi connectivity index (χ3n) is 3.47. The second-order valence-electron chi connectivity index (χ2n) is 5.69. The van der Waals surface area contributed by atoms with E-state index in [2.05, 4.69) is 16.0 Å². The molecule has 13 N–H and O–H groups in total. The number of carbonyl (C=O) groups is 2. The SMILES string of the molecule is CCN[C@@H](CCCNC(N)N)C(=O)C(=O)[C@@H](N)CCCNC(N)N. The summed E-state index contributed by atoms with van der Waals surface area (Å²) in [6.45, 7) is 3.56. The van der Waals surface area contributed by atoms with Crippen molar-refractivity contribution in [2.45, 2.75) is 57.3 Å². The Bertz CT molecular complexity index is 365. The molecule has 0 unspecified atom stereocenters. The fourth-order valence-electron chi connectivity index (χ4n) is 2.22. The first-order chi connectivity index (χ1) is 11.3. The summed E-state index contributed by atoms with van der Waals surface area (Å²) in [5.74, 6) is -1.04. The van der Waals surface area contributed by atoms with Crippen molar-refractivity contribution in [1.82, 2.24) is 16.0 Å². The molecule has 0 fully saturated rings. The fraction of sp³-hybridized carbons (Fsp3) is 0.857.